The molecule has 0 atom stereocenters. The van der Waals surface area contributed by atoms with Crippen molar-refractivity contribution in [1.29, 1.82) is 0 Å². The lowest BCUT2D eigenvalue weighted by Crippen LogP contribution is -2.33. The first kappa shape index (κ1) is 34.6. The smallest absolute Gasteiger partial charge is 0.347 e. The minimum absolute atomic E-state index is 0.113. The highest BCUT2D eigenvalue weighted by Gasteiger charge is 2.16. The van der Waals surface area contributed by atoms with Crippen molar-refractivity contribution in [2.24, 2.45) is 9.98 Å². The van der Waals surface area contributed by atoms with Crippen LogP contribution < -0.4 is 10.1 Å². The van der Waals surface area contributed by atoms with Crippen LogP contribution in [0.3, 0.4) is 0 Å². The monoisotopic (exact) mass is 604 g/mol. The van der Waals surface area contributed by atoms with E-state index in [9.17, 15) is 9.18 Å². The number of anilines is 1. The molecule has 0 radical (unpaired) electrons. The number of urea groups is 1. The average molecular weight is 605 g/mol. The molecule has 0 bridgehead atoms. The van der Waals surface area contributed by atoms with Crippen LogP contribution in [0.4, 0.5) is 14.9 Å². The van der Waals surface area contributed by atoms with Crippen LogP contribution in [0.2, 0.25) is 5.02 Å². The van der Waals surface area contributed by atoms with Crippen molar-refractivity contribution < 1.29 is 13.9 Å². The number of nitrogens with one attached hydrogen (secondary N) is 1. The second-order valence-electron chi connectivity index (χ2n) is 10.3. The molecule has 2 aromatic carbocycles. The molecule has 9 heteroatoms. The highest BCUT2D eigenvalue weighted by molar-refractivity contribution is 8.13. The third kappa shape index (κ3) is 14.7. The number of thioether (sulfide) groups is 1. The Balaban J connectivity index is 1.92. The topological polar surface area (TPSA) is 66.3 Å². The van der Waals surface area contributed by atoms with Crippen molar-refractivity contribution in [3.05, 3.63) is 58.9 Å². The van der Waals surface area contributed by atoms with E-state index in [1.165, 1.54) is 74.1 Å². The molecule has 0 aromatic heterocycles. The second kappa shape index (κ2) is 20.3. The Labute approximate surface area is 255 Å². The summed E-state index contributed by atoms with van der Waals surface area (Å²) < 4.78 is 20.0. The molecular weight excluding hydrogens is 559 g/mol. The van der Waals surface area contributed by atoms with Gasteiger partial charge in [0, 0.05) is 29.1 Å². The Morgan fingerprint density at radius 2 is 1.66 bits per heavy atom. The third-order valence-electron chi connectivity index (χ3n) is 6.38. The number of benzene rings is 2. The molecule has 0 spiro atoms. The number of hydrogen-bond acceptors (Lipinski definition) is 4. The first-order valence-corrected chi connectivity index (χ1v) is 16.1. The summed E-state index contributed by atoms with van der Waals surface area (Å²) in [5, 5.41) is 4.09. The van der Waals surface area contributed by atoms with Gasteiger partial charge in [-0.15, -0.1) is 0 Å². The van der Waals surface area contributed by atoms with Gasteiger partial charge in [-0.25, -0.2) is 14.2 Å². The van der Waals surface area contributed by atoms with Crippen molar-refractivity contribution in [2.45, 2.75) is 97.6 Å². The Morgan fingerprint density at radius 1 is 1.02 bits per heavy atom. The molecule has 2 amide bonds. The van der Waals surface area contributed by atoms with Gasteiger partial charge < -0.3 is 15.0 Å². The lowest BCUT2D eigenvalue weighted by Gasteiger charge is -2.22. The molecule has 0 fully saturated rings. The number of ether oxygens (including phenoxy) is 1. The zero-order chi connectivity index (χ0) is 29.9. The Bertz CT molecular complexity index is 1080. The maximum atomic E-state index is 14.5. The van der Waals surface area contributed by atoms with Gasteiger partial charge in [0.05, 0.1) is 12.8 Å². The molecule has 0 aliphatic heterocycles. The SMILES string of the molecule is C=N/C(=N\C(=O)N(CNc1ccc(OC(C)C)c(F)c1)Cc1ccc(Cl)cc1)SCCCCCCCCCCCC. The maximum absolute atomic E-state index is 14.5. The molecule has 0 unspecified atom stereocenters. The molecule has 226 valence electrons. The van der Waals surface area contributed by atoms with Crippen LogP contribution >= 0.6 is 23.4 Å². The van der Waals surface area contributed by atoms with E-state index in [2.05, 4.69) is 28.9 Å². The van der Waals surface area contributed by atoms with Crippen LogP contribution in [0.5, 0.6) is 5.75 Å². The highest BCUT2D eigenvalue weighted by Crippen LogP contribution is 2.23. The lowest BCUT2D eigenvalue weighted by atomic mass is 10.1. The molecule has 2 aromatic rings. The van der Waals surface area contributed by atoms with Gasteiger partial charge in [0.25, 0.3) is 0 Å². The molecule has 1 N–H and O–H groups in total. The van der Waals surface area contributed by atoms with E-state index in [4.69, 9.17) is 16.3 Å². The Hall–Kier alpha value is -2.58. The summed E-state index contributed by atoms with van der Waals surface area (Å²) in [6.07, 6.45) is 12.6. The highest BCUT2D eigenvalue weighted by atomic mass is 35.5. The number of rotatable bonds is 18. The van der Waals surface area contributed by atoms with E-state index in [-0.39, 0.29) is 25.1 Å². The molecule has 2 rings (SSSR count). The normalized spacial score (nSPS) is 11.5. The number of hydrogen-bond donors (Lipinski definition) is 1. The summed E-state index contributed by atoms with van der Waals surface area (Å²) in [5.41, 5.74) is 1.41. The summed E-state index contributed by atoms with van der Waals surface area (Å²) in [7, 11) is 0. The molecule has 6 nitrogen and oxygen atoms in total. The molecule has 0 saturated heterocycles. The fourth-order valence-electron chi connectivity index (χ4n) is 4.17. The number of halogens is 2. The number of unbranched alkanes of at least 4 members (excludes halogenated alkanes) is 9. The summed E-state index contributed by atoms with van der Waals surface area (Å²) in [6.45, 7) is 9.94. The first-order valence-electron chi connectivity index (χ1n) is 14.7. The molecule has 0 heterocycles. The van der Waals surface area contributed by atoms with E-state index in [0.717, 1.165) is 24.2 Å². The number of carbonyl (C=O) groups excluding carboxylic acids is 1. The summed E-state index contributed by atoms with van der Waals surface area (Å²) >= 11 is 7.48. The van der Waals surface area contributed by atoms with Crippen LogP contribution in [-0.2, 0) is 6.54 Å². The van der Waals surface area contributed by atoms with Crippen LogP contribution in [0.1, 0.15) is 90.5 Å². The minimum Gasteiger partial charge on any atom is -0.488 e. The lowest BCUT2D eigenvalue weighted by molar-refractivity contribution is 0.209. The average Bonchev–Trinajstić information content (AvgIpc) is 2.95. The van der Waals surface area contributed by atoms with Crippen molar-refractivity contribution in [3.8, 4) is 5.75 Å². The van der Waals surface area contributed by atoms with E-state index < -0.39 is 11.8 Å². The van der Waals surface area contributed by atoms with Gasteiger partial charge in [0.1, 0.15) is 0 Å². The summed E-state index contributed by atoms with van der Waals surface area (Å²) in [5.74, 6) is 0.547. The van der Waals surface area contributed by atoms with Gasteiger partial charge in [-0.2, -0.15) is 4.99 Å². The summed E-state index contributed by atoms with van der Waals surface area (Å²) in [4.78, 5) is 23.0. The van der Waals surface area contributed by atoms with Gasteiger partial charge >= 0.3 is 6.03 Å². The van der Waals surface area contributed by atoms with Gasteiger partial charge in [0.15, 0.2) is 16.7 Å². The van der Waals surface area contributed by atoms with Crippen LogP contribution in [-0.4, -0.2) is 41.3 Å². The van der Waals surface area contributed by atoms with Crippen molar-refractivity contribution in [1.82, 2.24) is 4.90 Å². The Morgan fingerprint density at radius 3 is 2.24 bits per heavy atom. The van der Waals surface area contributed by atoms with E-state index in [1.54, 1.807) is 24.3 Å². The molecule has 0 aliphatic rings. The quantitative estimate of drug-likeness (QED) is 0.0795. The fourth-order valence-corrected chi connectivity index (χ4v) is 5.06. The molecule has 41 heavy (non-hydrogen) atoms. The molecule has 0 aliphatic carbocycles. The zero-order valence-electron chi connectivity index (χ0n) is 24.8. The van der Waals surface area contributed by atoms with Gasteiger partial charge in [0.2, 0.25) is 0 Å². The van der Waals surface area contributed by atoms with Crippen LogP contribution in [0, 0.1) is 5.82 Å². The van der Waals surface area contributed by atoms with Crippen molar-refractivity contribution >= 4 is 47.0 Å². The number of carbonyl (C=O) groups is 1. The van der Waals surface area contributed by atoms with Crippen LogP contribution in [0.15, 0.2) is 52.4 Å². The summed E-state index contributed by atoms with van der Waals surface area (Å²) in [6, 6.07) is 11.5. The molecular formula is C32H46ClFN4O2S. The minimum atomic E-state index is -0.473. The van der Waals surface area contributed by atoms with Gasteiger partial charge in [-0.3, -0.25) is 0 Å². The van der Waals surface area contributed by atoms with Gasteiger partial charge in [-0.05, 0) is 56.8 Å². The van der Waals surface area contributed by atoms with E-state index in [1.807, 2.05) is 26.0 Å². The predicted molar refractivity (Wildman–Crippen MR) is 174 cm³/mol. The zero-order valence-corrected chi connectivity index (χ0v) is 26.4. The first-order chi connectivity index (χ1) is 19.8. The number of amidine groups is 1. The van der Waals surface area contributed by atoms with E-state index >= 15 is 0 Å². The van der Waals surface area contributed by atoms with Gasteiger partial charge in [-0.1, -0.05) is 100 Å². The molecule has 0 saturated carbocycles. The maximum Gasteiger partial charge on any atom is 0.347 e. The number of amides is 2. The second-order valence-corrected chi connectivity index (χ2v) is 11.8. The fraction of sp³-hybridized carbons (Fsp3) is 0.531. The number of nitrogens with zero attached hydrogens (tertiary/aromatic N) is 3. The Kier molecular flexibility index (Phi) is 17.2. The largest absolute Gasteiger partial charge is 0.488 e. The third-order valence-corrected chi connectivity index (χ3v) is 7.60. The van der Waals surface area contributed by atoms with Crippen molar-refractivity contribution in [3.63, 3.8) is 0 Å². The number of aliphatic imine (C=N–C) groups is 2. The predicted octanol–water partition coefficient (Wildman–Crippen LogP) is 9.97. The van der Waals surface area contributed by atoms with Crippen molar-refractivity contribution in [2.75, 3.05) is 17.7 Å². The standard InChI is InChI=1S/C32H46ClFN4O2S/c1-5-6-7-8-9-10-11-12-13-14-21-41-31(35-4)37-32(39)38(23-26-15-17-27(33)18-16-26)24-36-28-19-20-30(29(34)22-28)40-25(2)3/h15-20,22,25,36H,4-14,21,23-24H2,1-3H3/b37-31+. The van der Waals surface area contributed by atoms with E-state index in [0.29, 0.717) is 15.9 Å². The van der Waals surface area contributed by atoms with Crippen LogP contribution in [0.25, 0.3) is 0 Å².